The van der Waals surface area contributed by atoms with E-state index in [1.165, 1.54) is 36.0 Å². The second-order valence-electron chi connectivity index (χ2n) is 5.61. The van der Waals surface area contributed by atoms with Gasteiger partial charge in [-0.3, -0.25) is 11.3 Å². The van der Waals surface area contributed by atoms with Crippen LogP contribution in [-0.2, 0) is 5.41 Å². The Kier molecular flexibility index (Phi) is 1.64. The van der Waals surface area contributed by atoms with E-state index in [4.69, 9.17) is 5.84 Å². The van der Waals surface area contributed by atoms with Gasteiger partial charge in [-0.1, -0.05) is 29.3 Å². The van der Waals surface area contributed by atoms with Crippen LogP contribution in [0.5, 0.6) is 0 Å². The number of nitrogens with two attached hydrogens (primary N) is 1. The zero-order chi connectivity index (χ0) is 10.7. The van der Waals surface area contributed by atoms with Crippen molar-refractivity contribution in [3.63, 3.8) is 0 Å². The van der Waals surface area contributed by atoms with Crippen molar-refractivity contribution >= 4 is 0 Å². The molecule has 3 aliphatic carbocycles. The minimum absolute atomic E-state index is 0.289. The molecule has 0 aromatic heterocycles. The minimum Gasteiger partial charge on any atom is -0.271 e. The van der Waals surface area contributed by atoms with Crippen LogP contribution in [-0.4, -0.2) is 5.54 Å². The molecule has 80 valence electrons. The fourth-order valence-electron chi connectivity index (χ4n) is 3.53. The van der Waals surface area contributed by atoms with Crippen LogP contribution in [0.2, 0.25) is 0 Å². The standard InChI is InChI=1S/C13H18N2/c1-9-3-10(2)5-11(4-9)12-6-13(7-12,8-12)15-14/h3-5,15H,6-8,14H2,1-2H3. The fraction of sp³-hybridized carbons (Fsp3) is 0.538. The van der Waals surface area contributed by atoms with E-state index in [1.54, 1.807) is 0 Å². The second-order valence-corrected chi connectivity index (χ2v) is 5.61. The van der Waals surface area contributed by atoms with Crippen molar-refractivity contribution < 1.29 is 0 Å². The molecule has 0 aliphatic heterocycles. The summed E-state index contributed by atoms with van der Waals surface area (Å²) in [5, 5.41) is 0. The van der Waals surface area contributed by atoms with Crippen LogP contribution in [0.3, 0.4) is 0 Å². The lowest BCUT2D eigenvalue weighted by Crippen LogP contribution is -2.77. The first-order valence-electron chi connectivity index (χ1n) is 5.64. The summed E-state index contributed by atoms with van der Waals surface area (Å²) in [6.07, 6.45) is 3.66. The van der Waals surface area contributed by atoms with Gasteiger partial charge in [0.2, 0.25) is 0 Å². The van der Waals surface area contributed by atoms with Crippen molar-refractivity contribution in [1.82, 2.24) is 5.43 Å². The molecule has 2 heteroatoms. The second kappa shape index (κ2) is 2.63. The summed E-state index contributed by atoms with van der Waals surface area (Å²) in [5.41, 5.74) is 8.00. The maximum Gasteiger partial charge on any atom is 0.0346 e. The molecule has 2 bridgehead atoms. The molecule has 1 aromatic carbocycles. The number of nitrogens with one attached hydrogen (secondary N) is 1. The van der Waals surface area contributed by atoms with Crippen LogP contribution in [0, 0.1) is 13.8 Å². The highest BCUT2D eigenvalue weighted by atomic mass is 15.3. The van der Waals surface area contributed by atoms with Crippen molar-refractivity contribution in [2.45, 2.75) is 44.1 Å². The van der Waals surface area contributed by atoms with Crippen molar-refractivity contribution in [3.05, 3.63) is 34.9 Å². The van der Waals surface area contributed by atoms with Gasteiger partial charge in [-0.15, -0.1) is 0 Å². The molecule has 3 N–H and O–H groups in total. The largest absolute Gasteiger partial charge is 0.271 e. The number of rotatable bonds is 2. The van der Waals surface area contributed by atoms with Crippen molar-refractivity contribution in [1.29, 1.82) is 0 Å². The van der Waals surface area contributed by atoms with Gasteiger partial charge in [0.15, 0.2) is 0 Å². The summed E-state index contributed by atoms with van der Waals surface area (Å²) in [4.78, 5) is 0. The summed E-state index contributed by atoms with van der Waals surface area (Å²) in [6.45, 7) is 4.36. The Bertz CT molecular complexity index is 383. The molecule has 3 aliphatic rings. The molecule has 15 heavy (non-hydrogen) atoms. The molecule has 4 rings (SSSR count). The zero-order valence-corrected chi connectivity index (χ0v) is 9.43. The Balaban J connectivity index is 1.90. The minimum atomic E-state index is 0.289. The van der Waals surface area contributed by atoms with E-state index in [-0.39, 0.29) is 5.54 Å². The van der Waals surface area contributed by atoms with E-state index >= 15 is 0 Å². The van der Waals surface area contributed by atoms with Crippen LogP contribution in [0.15, 0.2) is 18.2 Å². The third-order valence-corrected chi connectivity index (χ3v) is 4.17. The third-order valence-electron chi connectivity index (χ3n) is 4.17. The molecular weight excluding hydrogens is 184 g/mol. The van der Waals surface area contributed by atoms with Gasteiger partial charge >= 0.3 is 0 Å². The SMILES string of the molecule is Cc1cc(C)cc(C23CC(NN)(C2)C3)c1. The number of hydrazine groups is 1. The molecular formula is C13H18N2. The van der Waals surface area contributed by atoms with Gasteiger partial charge in [0, 0.05) is 11.0 Å². The predicted molar refractivity (Wildman–Crippen MR) is 61.5 cm³/mol. The van der Waals surface area contributed by atoms with E-state index in [0.717, 1.165) is 0 Å². The molecule has 0 spiro atoms. The normalized spacial score (nSPS) is 37.0. The molecule has 0 heterocycles. The van der Waals surface area contributed by atoms with E-state index in [1.807, 2.05) is 0 Å². The average molecular weight is 202 g/mol. The predicted octanol–water partition coefficient (Wildman–Crippen LogP) is 1.94. The van der Waals surface area contributed by atoms with Gasteiger partial charge in [-0.05, 0) is 38.7 Å². The van der Waals surface area contributed by atoms with E-state index in [2.05, 4.69) is 37.5 Å². The monoisotopic (exact) mass is 202 g/mol. The molecule has 0 atom stereocenters. The Hall–Kier alpha value is -0.860. The van der Waals surface area contributed by atoms with Crippen LogP contribution in [0.4, 0.5) is 0 Å². The zero-order valence-electron chi connectivity index (χ0n) is 9.43. The molecule has 1 aromatic rings. The van der Waals surface area contributed by atoms with Crippen molar-refractivity contribution in [2.24, 2.45) is 5.84 Å². The third kappa shape index (κ3) is 1.12. The quantitative estimate of drug-likeness (QED) is 0.568. The Morgan fingerprint density at radius 2 is 1.60 bits per heavy atom. The number of benzene rings is 1. The highest BCUT2D eigenvalue weighted by Crippen LogP contribution is 2.67. The van der Waals surface area contributed by atoms with E-state index in [9.17, 15) is 0 Å². The Morgan fingerprint density at radius 3 is 2.07 bits per heavy atom. The van der Waals surface area contributed by atoms with Gasteiger partial charge in [0.25, 0.3) is 0 Å². The summed E-state index contributed by atoms with van der Waals surface area (Å²) < 4.78 is 0. The molecule has 0 radical (unpaired) electrons. The van der Waals surface area contributed by atoms with Crippen LogP contribution in [0.25, 0.3) is 0 Å². The van der Waals surface area contributed by atoms with Crippen LogP contribution in [0.1, 0.15) is 36.0 Å². The number of aryl methyl sites for hydroxylation is 2. The lowest BCUT2D eigenvalue weighted by atomic mass is 9.37. The van der Waals surface area contributed by atoms with Gasteiger partial charge in [-0.25, -0.2) is 0 Å². The van der Waals surface area contributed by atoms with Gasteiger partial charge < -0.3 is 0 Å². The molecule has 0 unspecified atom stereocenters. The van der Waals surface area contributed by atoms with E-state index < -0.39 is 0 Å². The molecule has 3 fully saturated rings. The smallest absolute Gasteiger partial charge is 0.0346 e. The maximum absolute atomic E-state index is 5.55. The van der Waals surface area contributed by atoms with Crippen LogP contribution >= 0.6 is 0 Å². The van der Waals surface area contributed by atoms with Gasteiger partial charge in [0.1, 0.15) is 0 Å². The van der Waals surface area contributed by atoms with Crippen molar-refractivity contribution in [2.75, 3.05) is 0 Å². The van der Waals surface area contributed by atoms with Crippen molar-refractivity contribution in [3.8, 4) is 0 Å². The topological polar surface area (TPSA) is 38.0 Å². The average Bonchev–Trinajstić information content (AvgIpc) is 1.97. The van der Waals surface area contributed by atoms with Gasteiger partial charge in [0.05, 0.1) is 0 Å². The lowest BCUT2D eigenvalue weighted by molar-refractivity contribution is -0.0883. The summed E-state index contributed by atoms with van der Waals surface area (Å²) >= 11 is 0. The summed E-state index contributed by atoms with van der Waals surface area (Å²) in [5.74, 6) is 5.55. The highest BCUT2D eigenvalue weighted by Gasteiger charge is 2.68. The first kappa shape index (κ1) is 9.37. The van der Waals surface area contributed by atoms with E-state index in [0.29, 0.717) is 5.41 Å². The number of hydrogen-bond donors (Lipinski definition) is 2. The maximum atomic E-state index is 5.55. The molecule has 0 amide bonds. The van der Waals surface area contributed by atoms with Gasteiger partial charge in [-0.2, -0.15) is 0 Å². The first-order chi connectivity index (χ1) is 7.07. The fourth-order valence-corrected chi connectivity index (χ4v) is 3.53. The first-order valence-corrected chi connectivity index (χ1v) is 5.64. The Morgan fingerprint density at radius 1 is 1.07 bits per heavy atom. The molecule has 0 saturated heterocycles. The number of hydrogen-bond acceptors (Lipinski definition) is 2. The summed E-state index contributed by atoms with van der Waals surface area (Å²) in [7, 11) is 0. The highest BCUT2D eigenvalue weighted by molar-refractivity contribution is 5.44. The Labute approximate surface area is 90.8 Å². The lowest BCUT2D eigenvalue weighted by Gasteiger charge is -2.70. The summed E-state index contributed by atoms with van der Waals surface area (Å²) in [6, 6.07) is 6.92. The molecule has 3 saturated carbocycles. The van der Waals surface area contributed by atoms with Crippen LogP contribution < -0.4 is 11.3 Å². The molecule has 2 nitrogen and oxygen atoms in total.